The Bertz CT molecular complexity index is 350. The van der Waals surface area contributed by atoms with Gasteiger partial charge in [0.25, 0.3) is 0 Å². The molecule has 4 heteroatoms. The van der Waals surface area contributed by atoms with Crippen molar-refractivity contribution in [2.75, 3.05) is 13.7 Å². The average Bonchev–Trinajstić information content (AvgIpc) is 2.08. The van der Waals surface area contributed by atoms with E-state index in [-0.39, 0.29) is 11.8 Å². The minimum absolute atomic E-state index is 0.0459. The topological polar surface area (TPSA) is 21.3 Å². The predicted octanol–water partition coefficient (Wildman–Crippen LogP) is 2.01. The lowest BCUT2D eigenvalue weighted by molar-refractivity contribution is 0.357. The Hall–Kier alpha value is -1.16. The predicted molar refractivity (Wildman–Crippen MR) is 48.3 cm³/mol. The van der Waals surface area contributed by atoms with Gasteiger partial charge in [0.1, 0.15) is 5.82 Å². The lowest BCUT2D eigenvalue weighted by Gasteiger charge is -2.28. The number of ether oxygens (including phenoxy) is 1. The maximum Gasteiger partial charge on any atom is 0.165 e. The Morgan fingerprint density at radius 1 is 1.36 bits per heavy atom. The van der Waals surface area contributed by atoms with Crippen molar-refractivity contribution in [1.29, 1.82) is 0 Å². The van der Waals surface area contributed by atoms with Gasteiger partial charge in [0.2, 0.25) is 0 Å². The van der Waals surface area contributed by atoms with Crippen LogP contribution in [0.1, 0.15) is 18.0 Å². The minimum Gasteiger partial charge on any atom is -0.494 e. The van der Waals surface area contributed by atoms with Gasteiger partial charge in [0.15, 0.2) is 11.6 Å². The molecule has 1 aromatic carbocycles. The van der Waals surface area contributed by atoms with Crippen LogP contribution in [0.25, 0.3) is 0 Å². The summed E-state index contributed by atoms with van der Waals surface area (Å²) < 4.78 is 31.3. The molecule has 0 aliphatic carbocycles. The van der Waals surface area contributed by atoms with Crippen molar-refractivity contribution >= 4 is 0 Å². The summed E-state index contributed by atoms with van der Waals surface area (Å²) in [4.78, 5) is 0. The molecule has 0 aromatic heterocycles. The van der Waals surface area contributed by atoms with E-state index in [2.05, 4.69) is 10.1 Å². The molecule has 76 valence electrons. The highest BCUT2D eigenvalue weighted by Gasteiger charge is 2.23. The molecule has 1 fully saturated rings. The normalized spacial score (nSPS) is 20.4. The molecule has 1 aromatic rings. The lowest BCUT2D eigenvalue weighted by Crippen LogP contribution is -2.35. The maximum absolute atomic E-state index is 13.4. The van der Waals surface area contributed by atoms with E-state index < -0.39 is 11.6 Å². The number of halogens is 2. The first-order valence-corrected chi connectivity index (χ1v) is 4.48. The Kier molecular flexibility index (Phi) is 2.37. The Labute approximate surface area is 80.9 Å². The first-order valence-electron chi connectivity index (χ1n) is 4.48. The highest BCUT2D eigenvalue weighted by Crippen LogP contribution is 2.29. The molecule has 0 spiro atoms. The van der Waals surface area contributed by atoms with Gasteiger partial charge in [0.05, 0.1) is 7.11 Å². The second kappa shape index (κ2) is 3.53. The van der Waals surface area contributed by atoms with Crippen LogP contribution >= 0.6 is 0 Å². The van der Waals surface area contributed by atoms with Crippen LogP contribution in [0.3, 0.4) is 0 Å². The van der Waals surface area contributed by atoms with Crippen LogP contribution in [0.15, 0.2) is 12.1 Å². The second-order valence-corrected chi connectivity index (χ2v) is 3.30. The summed E-state index contributed by atoms with van der Waals surface area (Å²) in [5, 5.41) is 3.02. The Balaban J connectivity index is 2.36. The summed E-state index contributed by atoms with van der Waals surface area (Å²) in [6, 6.07) is 2.24. The third-order valence-electron chi connectivity index (χ3n) is 2.47. The van der Waals surface area contributed by atoms with Gasteiger partial charge in [-0.3, -0.25) is 0 Å². The number of hydrogen-bond donors (Lipinski definition) is 1. The van der Waals surface area contributed by atoms with Crippen LogP contribution in [-0.2, 0) is 0 Å². The van der Waals surface area contributed by atoms with E-state index in [9.17, 15) is 8.78 Å². The second-order valence-electron chi connectivity index (χ2n) is 3.30. The fourth-order valence-corrected chi connectivity index (χ4v) is 1.52. The molecule has 0 bridgehead atoms. The fraction of sp³-hybridized carbons (Fsp3) is 0.400. The van der Waals surface area contributed by atoms with Crippen LogP contribution in [0.5, 0.6) is 5.75 Å². The Morgan fingerprint density at radius 3 is 2.57 bits per heavy atom. The zero-order chi connectivity index (χ0) is 10.1. The monoisotopic (exact) mass is 199 g/mol. The highest BCUT2D eigenvalue weighted by molar-refractivity contribution is 5.33. The van der Waals surface area contributed by atoms with Crippen molar-refractivity contribution < 1.29 is 13.5 Å². The molecule has 2 rings (SSSR count). The number of nitrogens with one attached hydrogen (secondary N) is 1. The zero-order valence-electron chi connectivity index (χ0n) is 7.81. The SMILES string of the molecule is COc1cc(F)c([C@H]2CCN2)cc1F. The molecule has 1 atom stereocenters. The number of hydrogen-bond acceptors (Lipinski definition) is 2. The summed E-state index contributed by atoms with van der Waals surface area (Å²) in [5.41, 5.74) is 0.384. The van der Waals surface area contributed by atoms with Gasteiger partial charge in [-0.05, 0) is 19.0 Å². The van der Waals surface area contributed by atoms with E-state index >= 15 is 0 Å². The van der Waals surface area contributed by atoms with Gasteiger partial charge in [-0.1, -0.05) is 0 Å². The van der Waals surface area contributed by atoms with Gasteiger partial charge in [-0.25, -0.2) is 8.78 Å². The van der Waals surface area contributed by atoms with Crippen molar-refractivity contribution in [2.45, 2.75) is 12.5 Å². The zero-order valence-corrected chi connectivity index (χ0v) is 7.81. The molecule has 0 radical (unpaired) electrons. The van der Waals surface area contributed by atoms with Gasteiger partial charge < -0.3 is 10.1 Å². The molecular formula is C10H11F2NO. The van der Waals surface area contributed by atoms with Gasteiger partial charge in [-0.2, -0.15) is 0 Å². The fourth-order valence-electron chi connectivity index (χ4n) is 1.52. The average molecular weight is 199 g/mol. The maximum atomic E-state index is 13.4. The first kappa shape index (κ1) is 9.40. The van der Waals surface area contributed by atoms with Crippen LogP contribution < -0.4 is 10.1 Å². The summed E-state index contributed by atoms with van der Waals surface area (Å²) in [5.74, 6) is -0.983. The molecule has 1 aliphatic rings. The molecule has 14 heavy (non-hydrogen) atoms. The Morgan fingerprint density at radius 2 is 2.07 bits per heavy atom. The van der Waals surface area contributed by atoms with Crippen molar-refractivity contribution in [3.05, 3.63) is 29.3 Å². The van der Waals surface area contributed by atoms with Crippen LogP contribution in [0.2, 0.25) is 0 Å². The molecular weight excluding hydrogens is 188 g/mol. The molecule has 0 saturated carbocycles. The van der Waals surface area contributed by atoms with E-state index in [1.165, 1.54) is 13.2 Å². The van der Waals surface area contributed by atoms with Crippen molar-refractivity contribution in [3.63, 3.8) is 0 Å². The van der Waals surface area contributed by atoms with Gasteiger partial charge in [0, 0.05) is 17.7 Å². The van der Waals surface area contributed by atoms with E-state index in [1.807, 2.05) is 0 Å². The van der Waals surface area contributed by atoms with E-state index in [0.717, 1.165) is 19.0 Å². The standard InChI is InChI=1S/C10H11F2NO/c1-14-10-5-7(11)6(4-8(10)12)9-2-3-13-9/h4-5,9,13H,2-3H2,1H3/t9-/m1/s1. The van der Waals surface area contributed by atoms with Gasteiger partial charge in [-0.15, -0.1) is 0 Å². The van der Waals surface area contributed by atoms with E-state index in [4.69, 9.17) is 0 Å². The summed E-state index contributed by atoms with van der Waals surface area (Å²) in [6.45, 7) is 0.859. The molecule has 0 unspecified atom stereocenters. The molecule has 2 nitrogen and oxygen atoms in total. The largest absolute Gasteiger partial charge is 0.494 e. The van der Waals surface area contributed by atoms with Crippen LogP contribution in [0, 0.1) is 11.6 Å². The van der Waals surface area contributed by atoms with Crippen molar-refractivity contribution in [3.8, 4) is 5.75 Å². The van der Waals surface area contributed by atoms with E-state index in [0.29, 0.717) is 5.56 Å². The van der Waals surface area contributed by atoms with Gasteiger partial charge >= 0.3 is 0 Å². The smallest absolute Gasteiger partial charge is 0.165 e. The third kappa shape index (κ3) is 1.46. The lowest BCUT2D eigenvalue weighted by atomic mass is 9.97. The quantitative estimate of drug-likeness (QED) is 0.786. The van der Waals surface area contributed by atoms with Crippen LogP contribution in [-0.4, -0.2) is 13.7 Å². The summed E-state index contributed by atoms with van der Waals surface area (Å²) in [7, 11) is 1.32. The van der Waals surface area contributed by atoms with E-state index in [1.54, 1.807) is 0 Å². The number of rotatable bonds is 2. The van der Waals surface area contributed by atoms with Crippen molar-refractivity contribution in [2.24, 2.45) is 0 Å². The molecule has 1 heterocycles. The molecule has 1 aliphatic heterocycles. The molecule has 1 N–H and O–H groups in total. The highest BCUT2D eigenvalue weighted by atomic mass is 19.1. The summed E-state index contributed by atoms with van der Waals surface area (Å²) in [6.07, 6.45) is 0.850. The summed E-state index contributed by atoms with van der Waals surface area (Å²) >= 11 is 0. The van der Waals surface area contributed by atoms with Crippen LogP contribution in [0.4, 0.5) is 8.78 Å². The molecule has 0 amide bonds. The number of benzene rings is 1. The first-order chi connectivity index (χ1) is 6.72. The van der Waals surface area contributed by atoms with Crippen molar-refractivity contribution in [1.82, 2.24) is 5.32 Å². The minimum atomic E-state index is -0.516. The third-order valence-corrected chi connectivity index (χ3v) is 2.47. The number of methoxy groups -OCH3 is 1. The molecule has 1 saturated heterocycles.